The second kappa shape index (κ2) is 11.7. The summed E-state index contributed by atoms with van der Waals surface area (Å²) in [5, 5.41) is 3.52. The summed E-state index contributed by atoms with van der Waals surface area (Å²) in [6, 6.07) is 0.668. The topological polar surface area (TPSA) is 43.3 Å². The van der Waals surface area contributed by atoms with E-state index in [0.29, 0.717) is 6.04 Å². The van der Waals surface area contributed by atoms with Gasteiger partial charge in [0, 0.05) is 45.3 Å². The van der Waals surface area contributed by atoms with E-state index >= 15 is 0 Å². The van der Waals surface area contributed by atoms with Gasteiger partial charge in [-0.25, -0.2) is 0 Å². The van der Waals surface area contributed by atoms with Crippen molar-refractivity contribution < 1.29 is 4.74 Å². The summed E-state index contributed by atoms with van der Waals surface area (Å²) >= 11 is 0. The number of ether oxygens (including phenoxy) is 1. The maximum atomic E-state index is 5.50. The Labute approximate surface area is 176 Å². The summed E-state index contributed by atoms with van der Waals surface area (Å²) in [5.74, 6) is 1.99. The lowest BCUT2D eigenvalue weighted by molar-refractivity contribution is 0.0195. The van der Waals surface area contributed by atoms with Gasteiger partial charge in [-0.15, -0.1) is 24.0 Å². The van der Waals surface area contributed by atoms with Crippen LogP contribution in [-0.4, -0.2) is 99.3 Å². The fourth-order valence-electron chi connectivity index (χ4n) is 4.30. The van der Waals surface area contributed by atoms with E-state index in [1.165, 1.54) is 38.8 Å². The molecule has 1 unspecified atom stereocenters. The Morgan fingerprint density at radius 3 is 2.50 bits per heavy atom. The van der Waals surface area contributed by atoms with Gasteiger partial charge in [-0.2, -0.15) is 0 Å². The van der Waals surface area contributed by atoms with E-state index in [0.717, 1.165) is 64.4 Å². The fraction of sp³-hybridized carbons (Fsp3) is 0.947. The maximum Gasteiger partial charge on any atom is 0.193 e. The molecule has 26 heavy (non-hydrogen) atoms. The Morgan fingerprint density at radius 2 is 1.81 bits per heavy atom. The average molecular weight is 479 g/mol. The first-order valence-corrected chi connectivity index (χ1v) is 10.3. The van der Waals surface area contributed by atoms with E-state index in [4.69, 9.17) is 9.73 Å². The van der Waals surface area contributed by atoms with Crippen LogP contribution in [0.2, 0.25) is 0 Å². The molecular formula is C19H38IN5O. The molecular weight excluding hydrogens is 441 g/mol. The molecule has 0 saturated carbocycles. The van der Waals surface area contributed by atoms with Gasteiger partial charge in [0.2, 0.25) is 0 Å². The summed E-state index contributed by atoms with van der Waals surface area (Å²) in [7, 11) is 2.23. The molecule has 0 spiro atoms. The third-order valence-corrected chi connectivity index (χ3v) is 6.00. The van der Waals surface area contributed by atoms with Crippen molar-refractivity contribution in [2.75, 3.05) is 72.6 Å². The van der Waals surface area contributed by atoms with Crippen molar-refractivity contribution in [2.24, 2.45) is 10.9 Å². The maximum absolute atomic E-state index is 5.50. The summed E-state index contributed by atoms with van der Waals surface area (Å²) in [6.07, 6.45) is 5.17. The number of likely N-dealkylation sites (tertiary alicyclic amines) is 2. The molecule has 7 heteroatoms. The highest BCUT2D eigenvalue weighted by Crippen LogP contribution is 2.20. The van der Waals surface area contributed by atoms with Gasteiger partial charge in [0.1, 0.15) is 0 Å². The molecule has 3 fully saturated rings. The summed E-state index contributed by atoms with van der Waals surface area (Å²) < 4.78 is 5.50. The second-order valence-corrected chi connectivity index (χ2v) is 7.81. The number of hydrogen-bond donors (Lipinski definition) is 1. The number of aliphatic imine (C=N–C) groups is 1. The van der Waals surface area contributed by atoms with Crippen molar-refractivity contribution in [3.8, 4) is 0 Å². The minimum absolute atomic E-state index is 0. The largest absolute Gasteiger partial charge is 0.379 e. The van der Waals surface area contributed by atoms with E-state index < -0.39 is 0 Å². The molecule has 6 nitrogen and oxygen atoms in total. The van der Waals surface area contributed by atoms with Gasteiger partial charge in [0.25, 0.3) is 0 Å². The fourth-order valence-corrected chi connectivity index (χ4v) is 4.30. The Hall–Kier alpha value is -0.120. The van der Waals surface area contributed by atoms with Crippen LogP contribution in [0.4, 0.5) is 0 Å². The smallest absolute Gasteiger partial charge is 0.193 e. The van der Waals surface area contributed by atoms with E-state index in [1.54, 1.807) is 0 Å². The van der Waals surface area contributed by atoms with Crippen molar-refractivity contribution in [3.05, 3.63) is 0 Å². The first kappa shape index (κ1) is 22.2. The lowest BCUT2D eigenvalue weighted by Gasteiger charge is -2.32. The van der Waals surface area contributed by atoms with E-state index in [9.17, 15) is 0 Å². The molecule has 3 rings (SSSR count). The number of nitrogens with one attached hydrogen (secondary N) is 1. The van der Waals surface area contributed by atoms with Crippen LogP contribution in [0.15, 0.2) is 4.99 Å². The van der Waals surface area contributed by atoms with Crippen molar-refractivity contribution in [1.29, 1.82) is 0 Å². The van der Waals surface area contributed by atoms with Gasteiger partial charge in [0.15, 0.2) is 5.96 Å². The van der Waals surface area contributed by atoms with Crippen molar-refractivity contribution in [1.82, 2.24) is 20.0 Å². The molecule has 1 N–H and O–H groups in total. The third-order valence-electron chi connectivity index (χ3n) is 6.00. The molecule has 0 aromatic rings. The highest BCUT2D eigenvalue weighted by atomic mass is 127. The SMILES string of the molecule is CCNC(=NCCC1CCN(C)CC1)N1CCC(N2CCOCC2)C1.I. The monoisotopic (exact) mass is 479 g/mol. The molecule has 3 aliphatic heterocycles. The van der Waals surface area contributed by atoms with Crippen molar-refractivity contribution in [3.63, 3.8) is 0 Å². The second-order valence-electron chi connectivity index (χ2n) is 7.81. The van der Waals surface area contributed by atoms with Gasteiger partial charge in [0.05, 0.1) is 13.2 Å². The van der Waals surface area contributed by atoms with E-state index in [-0.39, 0.29) is 24.0 Å². The lowest BCUT2D eigenvalue weighted by atomic mass is 9.94. The Kier molecular flexibility index (Phi) is 9.94. The zero-order valence-electron chi connectivity index (χ0n) is 16.7. The van der Waals surface area contributed by atoms with Crippen LogP contribution in [0.1, 0.15) is 32.6 Å². The number of guanidine groups is 1. The quantitative estimate of drug-likeness (QED) is 0.370. The van der Waals surface area contributed by atoms with Crippen LogP contribution in [0.5, 0.6) is 0 Å². The van der Waals surface area contributed by atoms with Crippen LogP contribution >= 0.6 is 24.0 Å². The Balaban J connectivity index is 0.00000243. The van der Waals surface area contributed by atoms with Crippen molar-refractivity contribution >= 4 is 29.9 Å². The molecule has 0 aliphatic carbocycles. The molecule has 152 valence electrons. The third kappa shape index (κ3) is 6.49. The van der Waals surface area contributed by atoms with Crippen LogP contribution in [0, 0.1) is 5.92 Å². The predicted molar refractivity (Wildman–Crippen MR) is 119 cm³/mol. The van der Waals surface area contributed by atoms with Crippen LogP contribution < -0.4 is 5.32 Å². The predicted octanol–water partition coefficient (Wildman–Crippen LogP) is 1.71. The van der Waals surface area contributed by atoms with Crippen LogP contribution in [-0.2, 0) is 4.74 Å². The number of hydrogen-bond acceptors (Lipinski definition) is 4. The number of halogens is 1. The van der Waals surface area contributed by atoms with Gasteiger partial charge in [-0.1, -0.05) is 0 Å². The Bertz CT molecular complexity index is 422. The zero-order chi connectivity index (χ0) is 17.5. The van der Waals surface area contributed by atoms with E-state index in [2.05, 4.69) is 34.0 Å². The number of rotatable bonds is 5. The summed E-state index contributed by atoms with van der Waals surface area (Å²) in [6.45, 7) is 12.8. The highest BCUT2D eigenvalue weighted by Gasteiger charge is 2.30. The molecule has 3 heterocycles. The normalized spacial score (nSPS) is 26.8. The highest BCUT2D eigenvalue weighted by molar-refractivity contribution is 14.0. The number of piperidine rings is 1. The summed E-state index contributed by atoms with van der Waals surface area (Å²) in [5.41, 5.74) is 0. The van der Waals surface area contributed by atoms with Gasteiger partial charge in [-0.05, 0) is 58.7 Å². The molecule has 3 saturated heterocycles. The van der Waals surface area contributed by atoms with Crippen molar-refractivity contribution in [2.45, 2.75) is 38.6 Å². The number of nitrogens with zero attached hydrogens (tertiary/aromatic N) is 4. The molecule has 0 amide bonds. The molecule has 0 aromatic carbocycles. The van der Waals surface area contributed by atoms with Gasteiger partial charge in [-0.3, -0.25) is 9.89 Å². The first-order chi connectivity index (χ1) is 12.3. The minimum atomic E-state index is 0. The molecule has 3 aliphatic rings. The molecule has 0 aromatic heterocycles. The van der Waals surface area contributed by atoms with E-state index in [1.807, 2.05) is 0 Å². The molecule has 0 bridgehead atoms. The standard InChI is InChI=1S/C19H37N5O.HI/c1-3-20-19(21-8-4-17-5-9-22(2)10-6-17)24-11-7-18(16-24)23-12-14-25-15-13-23;/h17-18H,3-16H2,1-2H3,(H,20,21);1H. The molecule has 0 radical (unpaired) electrons. The van der Waals surface area contributed by atoms with Crippen LogP contribution in [0.3, 0.4) is 0 Å². The summed E-state index contributed by atoms with van der Waals surface area (Å²) in [4.78, 5) is 12.5. The lowest BCUT2D eigenvalue weighted by Crippen LogP contribution is -2.46. The van der Waals surface area contributed by atoms with Crippen LogP contribution in [0.25, 0.3) is 0 Å². The minimum Gasteiger partial charge on any atom is -0.379 e. The van der Waals surface area contributed by atoms with Gasteiger partial charge < -0.3 is 19.9 Å². The first-order valence-electron chi connectivity index (χ1n) is 10.3. The zero-order valence-corrected chi connectivity index (χ0v) is 19.0. The molecule has 1 atom stereocenters. The number of morpholine rings is 1. The average Bonchev–Trinajstić information content (AvgIpc) is 3.13. The van der Waals surface area contributed by atoms with Gasteiger partial charge >= 0.3 is 0 Å². The Morgan fingerprint density at radius 1 is 1.08 bits per heavy atom.